The van der Waals surface area contributed by atoms with E-state index in [0.29, 0.717) is 17.4 Å². The van der Waals surface area contributed by atoms with Gasteiger partial charge in [-0.25, -0.2) is 4.79 Å². The average Bonchev–Trinajstić information content (AvgIpc) is 2.93. The van der Waals surface area contributed by atoms with E-state index in [1.165, 1.54) is 0 Å². The Labute approximate surface area is 210 Å². The number of rotatable bonds is 8. The fourth-order valence-electron chi connectivity index (χ4n) is 5.67. The SMILES string of the molecule is O=c1[nH]c(=O)n(CCCCN2CCC(C(O)(c3ccccc3)c3ccccc3)CC2)c2ccccc12. The lowest BCUT2D eigenvalue weighted by Crippen LogP contribution is -2.44. The number of nitrogens with zero attached hydrogens (tertiary/aromatic N) is 2. The van der Waals surface area contributed by atoms with Crippen LogP contribution < -0.4 is 11.2 Å². The summed E-state index contributed by atoms with van der Waals surface area (Å²) in [5.74, 6) is 0.143. The quantitative estimate of drug-likeness (QED) is 0.370. The number of para-hydroxylation sites is 1. The molecule has 0 unspecified atom stereocenters. The molecule has 1 aromatic heterocycles. The van der Waals surface area contributed by atoms with Crippen molar-refractivity contribution in [2.24, 2.45) is 5.92 Å². The van der Waals surface area contributed by atoms with Gasteiger partial charge in [0, 0.05) is 6.54 Å². The minimum Gasteiger partial charge on any atom is -0.380 e. The first-order valence-corrected chi connectivity index (χ1v) is 12.8. The van der Waals surface area contributed by atoms with Gasteiger partial charge in [-0.2, -0.15) is 0 Å². The van der Waals surface area contributed by atoms with Gasteiger partial charge in [0.15, 0.2) is 0 Å². The largest absolute Gasteiger partial charge is 0.380 e. The number of benzene rings is 3. The summed E-state index contributed by atoms with van der Waals surface area (Å²) >= 11 is 0. The number of unbranched alkanes of at least 4 members (excludes halogenated alkanes) is 1. The molecule has 1 fully saturated rings. The van der Waals surface area contributed by atoms with Crippen molar-refractivity contribution in [3.63, 3.8) is 0 Å². The van der Waals surface area contributed by atoms with Gasteiger partial charge in [0.2, 0.25) is 0 Å². The molecule has 0 amide bonds. The average molecular weight is 484 g/mol. The molecule has 6 nitrogen and oxygen atoms in total. The number of likely N-dealkylation sites (tertiary alicyclic amines) is 1. The Balaban J connectivity index is 1.20. The highest BCUT2D eigenvalue weighted by atomic mass is 16.3. The molecule has 36 heavy (non-hydrogen) atoms. The van der Waals surface area contributed by atoms with E-state index in [9.17, 15) is 14.7 Å². The van der Waals surface area contributed by atoms with Crippen LogP contribution in [-0.2, 0) is 12.1 Å². The predicted octanol–water partition coefficient (Wildman–Crippen LogP) is 4.12. The molecule has 0 radical (unpaired) electrons. The van der Waals surface area contributed by atoms with Crippen LogP contribution in [0.2, 0.25) is 0 Å². The van der Waals surface area contributed by atoms with E-state index in [2.05, 4.69) is 9.88 Å². The van der Waals surface area contributed by atoms with Gasteiger partial charge in [-0.15, -0.1) is 0 Å². The fraction of sp³-hybridized carbons (Fsp3) is 0.333. The van der Waals surface area contributed by atoms with Crippen LogP contribution in [-0.4, -0.2) is 39.2 Å². The van der Waals surface area contributed by atoms with E-state index in [1.807, 2.05) is 78.9 Å². The molecular formula is C30H33N3O3. The molecule has 1 aliphatic rings. The molecule has 4 aromatic rings. The van der Waals surface area contributed by atoms with E-state index < -0.39 is 5.60 Å². The number of aromatic nitrogens is 2. The molecule has 1 saturated heterocycles. The zero-order valence-electron chi connectivity index (χ0n) is 20.5. The highest BCUT2D eigenvalue weighted by molar-refractivity contribution is 5.77. The predicted molar refractivity (Wildman–Crippen MR) is 143 cm³/mol. The maximum atomic E-state index is 12.4. The summed E-state index contributed by atoms with van der Waals surface area (Å²) in [4.78, 5) is 29.4. The Kier molecular flexibility index (Phi) is 7.16. The van der Waals surface area contributed by atoms with Crippen molar-refractivity contribution >= 4 is 10.9 Å². The summed E-state index contributed by atoms with van der Waals surface area (Å²) in [6.07, 6.45) is 3.66. The van der Waals surface area contributed by atoms with Crippen LogP contribution in [0.5, 0.6) is 0 Å². The van der Waals surface area contributed by atoms with Crippen molar-refractivity contribution in [1.82, 2.24) is 14.5 Å². The van der Waals surface area contributed by atoms with Crippen LogP contribution in [0.25, 0.3) is 10.9 Å². The van der Waals surface area contributed by atoms with Crippen LogP contribution in [0.3, 0.4) is 0 Å². The van der Waals surface area contributed by atoms with Crippen LogP contribution in [0.15, 0.2) is 94.5 Å². The summed E-state index contributed by atoms with van der Waals surface area (Å²) < 4.78 is 1.67. The Morgan fingerprint density at radius 3 is 1.97 bits per heavy atom. The monoisotopic (exact) mass is 483 g/mol. The number of piperidine rings is 1. The maximum Gasteiger partial charge on any atom is 0.328 e. The van der Waals surface area contributed by atoms with E-state index in [0.717, 1.165) is 56.4 Å². The molecule has 0 aliphatic carbocycles. The molecule has 186 valence electrons. The fourth-order valence-corrected chi connectivity index (χ4v) is 5.67. The third-order valence-electron chi connectivity index (χ3n) is 7.62. The lowest BCUT2D eigenvalue weighted by molar-refractivity contribution is -0.0143. The summed E-state index contributed by atoms with van der Waals surface area (Å²) in [7, 11) is 0. The van der Waals surface area contributed by atoms with Crippen LogP contribution in [0, 0.1) is 5.92 Å². The highest BCUT2D eigenvalue weighted by Gasteiger charge is 2.41. The first-order chi connectivity index (χ1) is 17.6. The topological polar surface area (TPSA) is 78.3 Å². The second-order valence-corrected chi connectivity index (χ2v) is 9.75. The second-order valence-electron chi connectivity index (χ2n) is 9.75. The molecule has 0 spiro atoms. The number of hydrogen-bond acceptors (Lipinski definition) is 4. The maximum absolute atomic E-state index is 12.4. The third-order valence-corrected chi connectivity index (χ3v) is 7.62. The molecule has 5 rings (SSSR count). The molecule has 0 atom stereocenters. The van der Waals surface area contributed by atoms with Crippen molar-refractivity contribution in [3.05, 3.63) is 117 Å². The lowest BCUT2D eigenvalue weighted by Gasteiger charge is -2.42. The summed E-state index contributed by atoms with van der Waals surface area (Å²) in [5.41, 5.74) is 0.914. The van der Waals surface area contributed by atoms with Gasteiger partial charge in [-0.1, -0.05) is 72.8 Å². The smallest absolute Gasteiger partial charge is 0.328 e. The zero-order chi connectivity index (χ0) is 25.0. The normalized spacial score (nSPS) is 15.4. The van der Waals surface area contributed by atoms with E-state index in [1.54, 1.807) is 10.6 Å². The van der Waals surface area contributed by atoms with Crippen LogP contribution >= 0.6 is 0 Å². The molecule has 2 heterocycles. The first-order valence-electron chi connectivity index (χ1n) is 12.8. The molecular weight excluding hydrogens is 450 g/mol. The molecule has 1 aliphatic heterocycles. The standard InChI is InChI=1S/C30H33N3O3/c34-28-26-15-7-8-16-27(26)33(29(35)31-28)20-10-9-19-32-21-17-25(18-22-32)30(36,23-11-3-1-4-12-23)24-13-5-2-6-14-24/h1-8,11-16,25,36H,9-10,17-22H2,(H,31,34,35). The molecule has 0 bridgehead atoms. The Hall–Kier alpha value is -3.48. The minimum atomic E-state index is -0.999. The van der Waals surface area contributed by atoms with Crippen LogP contribution in [0.4, 0.5) is 0 Å². The van der Waals surface area contributed by atoms with E-state index >= 15 is 0 Å². The van der Waals surface area contributed by atoms with Crippen molar-refractivity contribution in [1.29, 1.82) is 0 Å². The Bertz CT molecular complexity index is 1360. The number of H-pyrrole nitrogens is 1. The van der Waals surface area contributed by atoms with Crippen molar-refractivity contribution in [2.75, 3.05) is 19.6 Å². The van der Waals surface area contributed by atoms with Gasteiger partial charge in [0.1, 0.15) is 5.60 Å². The molecule has 6 heteroatoms. The van der Waals surface area contributed by atoms with Gasteiger partial charge in [-0.05, 0) is 74.5 Å². The summed E-state index contributed by atoms with van der Waals surface area (Å²) in [6.45, 7) is 3.41. The van der Waals surface area contributed by atoms with Crippen molar-refractivity contribution in [3.8, 4) is 0 Å². The summed E-state index contributed by atoms with van der Waals surface area (Å²) in [5, 5.41) is 12.6. The molecule has 0 saturated carbocycles. The lowest BCUT2D eigenvalue weighted by atomic mass is 9.72. The first kappa shape index (κ1) is 24.2. The number of hydrogen-bond donors (Lipinski definition) is 2. The Morgan fingerprint density at radius 2 is 1.33 bits per heavy atom. The van der Waals surface area contributed by atoms with Crippen LogP contribution in [0.1, 0.15) is 36.8 Å². The van der Waals surface area contributed by atoms with Gasteiger partial charge in [0.25, 0.3) is 5.56 Å². The van der Waals surface area contributed by atoms with Gasteiger partial charge in [-0.3, -0.25) is 14.3 Å². The van der Waals surface area contributed by atoms with Gasteiger partial charge >= 0.3 is 5.69 Å². The number of aryl methyl sites for hydroxylation is 1. The number of nitrogens with one attached hydrogen (secondary N) is 1. The van der Waals surface area contributed by atoms with Gasteiger partial charge in [0.05, 0.1) is 10.9 Å². The second kappa shape index (κ2) is 10.6. The number of aliphatic hydroxyl groups is 1. The third kappa shape index (κ3) is 4.79. The molecule has 2 N–H and O–H groups in total. The van der Waals surface area contributed by atoms with E-state index in [-0.39, 0.29) is 17.2 Å². The Morgan fingerprint density at radius 1 is 0.778 bits per heavy atom. The minimum absolute atomic E-state index is 0.143. The number of fused-ring (bicyclic) bond motifs is 1. The zero-order valence-corrected chi connectivity index (χ0v) is 20.5. The van der Waals surface area contributed by atoms with Crippen molar-refractivity contribution < 1.29 is 5.11 Å². The van der Waals surface area contributed by atoms with E-state index in [4.69, 9.17) is 0 Å². The highest BCUT2D eigenvalue weighted by Crippen LogP contribution is 2.41. The number of aromatic amines is 1. The summed E-state index contributed by atoms with van der Waals surface area (Å²) in [6, 6.07) is 27.3. The van der Waals surface area contributed by atoms with Gasteiger partial charge < -0.3 is 10.0 Å². The van der Waals surface area contributed by atoms with Crippen molar-refractivity contribution in [2.45, 2.75) is 37.8 Å². The molecule has 3 aromatic carbocycles.